The van der Waals surface area contributed by atoms with Crippen molar-refractivity contribution in [2.45, 2.75) is 33.6 Å². The van der Waals surface area contributed by atoms with Crippen LogP contribution in [-0.4, -0.2) is 29.8 Å². The van der Waals surface area contributed by atoms with E-state index < -0.39 is 0 Å². The first-order valence-corrected chi connectivity index (χ1v) is 9.98. The maximum atomic E-state index is 13.5. The lowest BCUT2D eigenvalue weighted by molar-refractivity contribution is -0.120. The molecule has 4 nitrogen and oxygen atoms in total. The average Bonchev–Trinajstić information content (AvgIpc) is 3.26. The Morgan fingerprint density at radius 2 is 1.50 bits per heavy atom. The summed E-state index contributed by atoms with van der Waals surface area (Å²) in [7, 11) is 0. The Kier molecular flexibility index (Phi) is 4.76. The number of imide groups is 1. The van der Waals surface area contributed by atoms with Gasteiger partial charge in [0.25, 0.3) is 11.8 Å². The number of nitrogens with zero attached hydrogens (tertiary/aromatic N) is 2. The first-order valence-electron chi connectivity index (χ1n) is 9.60. The van der Waals surface area contributed by atoms with Gasteiger partial charge in [0.15, 0.2) is 0 Å². The van der Waals surface area contributed by atoms with Crippen molar-refractivity contribution in [2.24, 2.45) is 0 Å². The topological polar surface area (TPSA) is 40.6 Å². The molecule has 1 fully saturated rings. The Labute approximate surface area is 170 Å². The van der Waals surface area contributed by atoms with Crippen LogP contribution in [-0.2, 0) is 9.59 Å². The maximum Gasteiger partial charge on any atom is 0.282 e. The second-order valence-corrected chi connectivity index (χ2v) is 8.03. The highest BCUT2D eigenvalue weighted by Gasteiger charge is 2.43. The van der Waals surface area contributed by atoms with E-state index in [4.69, 9.17) is 11.6 Å². The highest BCUT2D eigenvalue weighted by Crippen LogP contribution is 2.38. The van der Waals surface area contributed by atoms with Crippen molar-refractivity contribution in [1.82, 2.24) is 4.90 Å². The van der Waals surface area contributed by atoms with Gasteiger partial charge in [-0.1, -0.05) is 35.9 Å². The van der Waals surface area contributed by atoms with Gasteiger partial charge < -0.3 is 4.90 Å². The van der Waals surface area contributed by atoms with Gasteiger partial charge in [-0.25, -0.2) is 4.90 Å². The molecule has 0 aliphatic carbocycles. The SMILES string of the molecule is Cc1ccc(C2=C(N3CCCC3)C(=O)N(c3cc(Cl)ccc3C)C2=O)cc1C. The van der Waals surface area contributed by atoms with E-state index in [1.807, 2.05) is 45.0 Å². The minimum Gasteiger partial charge on any atom is -0.366 e. The lowest BCUT2D eigenvalue weighted by Crippen LogP contribution is -2.35. The second kappa shape index (κ2) is 7.10. The molecule has 0 N–H and O–H groups in total. The molecule has 2 aliphatic rings. The largest absolute Gasteiger partial charge is 0.366 e. The van der Waals surface area contributed by atoms with Gasteiger partial charge in [-0.3, -0.25) is 9.59 Å². The van der Waals surface area contributed by atoms with Crippen LogP contribution in [0.3, 0.4) is 0 Å². The summed E-state index contributed by atoms with van der Waals surface area (Å²) in [6, 6.07) is 11.2. The average molecular weight is 395 g/mol. The third kappa shape index (κ3) is 3.02. The molecule has 0 radical (unpaired) electrons. The predicted octanol–water partition coefficient (Wildman–Crippen LogP) is 4.65. The lowest BCUT2D eigenvalue weighted by Gasteiger charge is -2.21. The fourth-order valence-corrected chi connectivity index (χ4v) is 4.12. The molecule has 0 saturated carbocycles. The van der Waals surface area contributed by atoms with Crippen LogP contribution in [0.5, 0.6) is 0 Å². The Bertz CT molecular complexity index is 1020. The normalized spacial score (nSPS) is 17.3. The van der Waals surface area contributed by atoms with Gasteiger partial charge in [-0.05, 0) is 68.0 Å². The van der Waals surface area contributed by atoms with E-state index in [0.717, 1.165) is 48.2 Å². The van der Waals surface area contributed by atoms with Crippen LogP contribution in [0.2, 0.25) is 5.02 Å². The number of anilines is 1. The molecule has 2 heterocycles. The van der Waals surface area contributed by atoms with Gasteiger partial charge in [0.05, 0.1) is 11.3 Å². The summed E-state index contributed by atoms with van der Waals surface area (Å²) < 4.78 is 0. The number of halogens is 1. The van der Waals surface area contributed by atoms with E-state index in [1.54, 1.807) is 12.1 Å². The molecule has 0 unspecified atom stereocenters. The fraction of sp³-hybridized carbons (Fsp3) is 0.304. The molecule has 0 spiro atoms. The van der Waals surface area contributed by atoms with Gasteiger partial charge in [0, 0.05) is 18.1 Å². The number of carbonyl (C=O) groups excluding carboxylic acids is 2. The minimum absolute atomic E-state index is 0.259. The molecular formula is C23H23ClN2O2. The monoisotopic (exact) mass is 394 g/mol. The van der Waals surface area contributed by atoms with E-state index in [0.29, 0.717) is 22.0 Å². The molecule has 0 atom stereocenters. The van der Waals surface area contributed by atoms with E-state index >= 15 is 0 Å². The van der Waals surface area contributed by atoms with Crippen LogP contribution in [0.1, 0.15) is 35.1 Å². The Hall–Kier alpha value is -2.59. The number of benzene rings is 2. The van der Waals surface area contributed by atoms with Crippen molar-refractivity contribution in [2.75, 3.05) is 18.0 Å². The molecule has 28 heavy (non-hydrogen) atoms. The summed E-state index contributed by atoms with van der Waals surface area (Å²) >= 11 is 6.17. The van der Waals surface area contributed by atoms with Crippen LogP contribution >= 0.6 is 11.6 Å². The van der Waals surface area contributed by atoms with Crippen molar-refractivity contribution < 1.29 is 9.59 Å². The van der Waals surface area contributed by atoms with Gasteiger partial charge >= 0.3 is 0 Å². The van der Waals surface area contributed by atoms with Crippen LogP contribution < -0.4 is 4.90 Å². The zero-order valence-electron chi connectivity index (χ0n) is 16.4. The third-order valence-corrected chi connectivity index (χ3v) is 5.92. The molecule has 0 bridgehead atoms. The quantitative estimate of drug-likeness (QED) is 0.712. The summed E-state index contributed by atoms with van der Waals surface area (Å²) in [6.07, 6.45) is 2.06. The van der Waals surface area contributed by atoms with Gasteiger partial charge in [-0.15, -0.1) is 0 Å². The molecule has 2 aromatic rings. The first-order chi connectivity index (χ1) is 13.4. The molecule has 2 amide bonds. The third-order valence-electron chi connectivity index (χ3n) is 5.69. The van der Waals surface area contributed by atoms with Crippen molar-refractivity contribution in [3.05, 3.63) is 69.4 Å². The highest BCUT2D eigenvalue weighted by atomic mass is 35.5. The zero-order chi connectivity index (χ0) is 20.0. The number of amides is 2. The van der Waals surface area contributed by atoms with Crippen molar-refractivity contribution in [3.63, 3.8) is 0 Å². The molecule has 2 aromatic carbocycles. The summed E-state index contributed by atoms with van der Waals surface area (Å²) in [6.45, 7) is 7.54. The predicted molar refractivity (Wildman–Crippen MR) is 112 cm³/mol. The van der Waals surface area contributed by atoms with E-state index in [9.17, 15) is 9.59 Å². The number of aryl methyl sites for hydroxylation is 3. The molecule has 4 rings (SSSR count). The van der Waals surface area contributed by atoms with Crippen molar-refractivity contribution >= 4 is 34.7 Å². The standard InChI is InChI=1S/C23H23ClN2O2/c1-14-6-8-17(12-16(14)3)20-21(25-10-4-5-11-25)23(28)26(22(20)27)19-13-18(24)9-7-15(19)2/h6-9,12-13H,4-5,10-11H2,1-3H3. The maximum absolute atomic E-state index is 13.5. The fourth-order valence-electron chi connectivity index (χ4n) is 3.95. The van der Waals surface area contributed by atoms with Gasteiger partial charge in [0.2, 0.25) is 0 Å². The van der Waals surface area contributed by atoms with Crippen molar-refractivity contribution in [3.8, 4) is 0 Å². The number of rotatable bonds is 3. The summed E-state index contributed by atoms with van der Waals surface area (Å²) in [5, 5.41) is 0.503. The number of hydrogen-bond donors (Lipinski definition) is 0. The van der Waals surface area contributed by atoms with Crippen molar-refractivity contribution in [1.29, 1.82) is 0 Å². The highest BCUT2D eigenvalue weighted by molar-refractivity contribution is 6.45. The molecular weight excluding hydrogens is 372 g/mol. The van der Waals surface area contributed by atoms with Crippen LogP contribution in [0.25, 0.3) is 5.57 Å². The number of carbonyl (C=O) groups is 2. The molecule has 1 saturated heterocycles. The van der Waals surface area contributed by atoms with Gasteiger partial charge in [-0.2, -0.15) is 0 Å². The number of likely N-dealkylation sites (tertiary alicyclic amines) is 1. The summed E-state index contributed by atoms with van der Waals surface area (Å²) in [4.78, 5) is 30.3. The summed E-state index contributed by atoms with van der Waals surface area (Å²) in [5.74, 6) is -0.536. The minimum atomic E-state index is -0.277. The van der Waals surface area contributed by atoms with E-state index in [-0.39, 0.29) is 11.8 Å². The first kappa shape index (κ1) is 18.8. The van der Waals surface area contributed by atoms with Crippen LogP contribution in [0, 0.1) is 20.8 Å². The molecule has 5 heteroatoms. The molecule has 144 valence electrons. The lowest BCUT2D eigenvalue weighted by atomic mass is 9.99. The second-order valence-electron chi connectivity index (χ2n) is 7.59. The smallest absolute Gasteiger partial charge is 0.282 e. The van der Waals surface area contributed by atoms with Gasteiger partial charge in [0.1, 0.15) is 5.70 Å². The zero-order valence-corrected chi connectivity index (χ0v) is 17.1. The Morgan fingerprint density at radius 1 is 0.821 bits per heavy atom. The molecule has 2 aliphatic heterocycles. The van der Waals surface area contributed by atoms with Crippen LogP contribution in [0.15, 0.2) is 42.1 Å². The number of hydrogen-bond acceptors (Lipinski definition) is 3. The van der Waals surface area contributed by atoms with Crippen LogP contribution in [0.4, 0.5) is 5.69 Å². The van der Waals surface area contributed by atoms with E-state index in [1.165, 1.54) is 4.90 Å². The molecule has 0 aromatic heterocycles. The summed E-state index contributed by atoms with van der Waals surface area (Å²) in [5.41, 5.74) is 5.46. The van der Waals surface area contributed by atoms with E-state index in [2.05, 4.69) is 4.90 Å². The Balaban J connectivity index is 1.88. The Morgan fingerprint density at radius 3 is 2.18 bits per heavy atom.